The van der Waals surface area contributed by atoms with Gasteiger partial charge in [-0.25, -0.2) is 0 Å². The van der Waals surface area contributed by atoms with Crippen LogP contribution in [0, 0.1) is 0 Å². The quantitative estimate of drug-likeness (QED) is 0.819. The maximum Gasteiger partial charge on any atom is 0.0411 e. The first-order chi connectivity index (χ1) is 8.78. The van der Waals surface area contributed by atoms with Gasteiger partial charge in [-0.2, -0.15) is 0 Å². The minimum Gasteiger partial charge on any atom is -0.388 e. The molecular weight excluding hydrogens is 218 g/mol. The van der Waals surface area contributed by atoms with E-state index in [4.69, 9.17) is 0 Å². The van der Waals surface area contributed by atoms with E-state index in [0.29, 0.717) is 0 Å². The van der Waals surface area contributed by atoms with Crippen LogP contribution >= 0.6 is 0 Å². The van der Waals surface area contributed by atoms with Crippen LogP contribution in [0.4, 0.5) is 5.69 Å². The molecule has 2 aromatic rings. The molecule has 92 valence electrons. The van der Waals surface area contributed by atoms with E-state index in [0.717, 1.165) is 17.7 Å². The Morgan fingerprint density at radius 1 is 1.11 bits per heavy atom. The number of benzene rings is 2. The second kappa shape index (κ2) is 5.54. The molecule has 0 heterocycles. The van der Waals surface area contributed by atoms with Crippen molar-refractivity contribution in [2.45, 2.75) is 13.3 Å². The fourth-order valence-electron chi connectivity index (χ4n) is 2.11. The van der Waals surface area contributed by atoms with Crippen LogP contribution in [-0.4, -0.2) is 7.05 Å². The molecule has 0 aliphatic heterocycles. The van der Waals surface area contributed by atoms with E-state index in [2.05, 4.69) is 61.3 Å². The van der Waals surface area contributed by atoms with E-state index in [1.165, 1.54) is 16.7 Å². The van der Waals surface area contributed by atoms with Gasteiger partial charge in [0.05, 0.1) is 0 Å². The highest BCUT2D eigenvalue weighted by Crippen LogP contribution is 2.26. The summed E-state index contributed by atoms with van der Waals surface area (Å²) in [5.74, 6) is 0. The van der Waals surface area contributed by atoms with Crippen molar-refractivity contribution >= 4 is 11.8 Å². The third-order valence-electron chi connectivity index (χ3n) is 3.21. The molecule has 0 amide bonds. The molecule has 0 unspecified atom stereocenters. The van der Waals surface area contributed by atoms with Crippen LogP contribution in [0.2, 0.25) is 0 Å². The monoisotopic (exact) mass is 237 g/mol. The Hall–Kier alpha value is -2.02. The number of hydrogen-bond donors (Lipinski definition) is 1. The van der Waals surface area contributed by atoms with Crippen LogP contribution in [0.15, 0.2) is 49.0 Å². The fourth-order valence-corrected chi connectivity index (χ4v) is 2.11. The van der Waals surface area contributed by atoms with Gasteiger partial charge in [0, 0.05) is 12.7 Å². The Balaban J connectivity index is 2.47. The zero-order valence-corrected chi connectivity index (χ0v) is 11.0. The SMILES string of the molecule is C=Cc1cc(-c2cccc(CC)c2)ccc1NC. The lowest BCUT2D eigenvalue weighted by molar-refractivity contribution is 1.14. The lowest BCUT2D eigenvalue weighted by atomic mass is 9.99. The summed E-state index contributed by atoms with van der Waals surface area (Å²) in [5.41, 5.74) is 6.11. The van der Waals surface area contributed by atoms with E-state index >= 15 is 0 Å². The van der Waals surface area contributed by atoms with Crippen molar-refractivity contribution < 1.29 is 0 Å². The van der Waals surface area contributed by atoms with Gasteiger partial charge in [-0.15, -0.1) is 0 Å². The maximum absolute atomic E-state index is 3.87. The molecule has 0 radical (unpaired) electrons. The number of hydrogen-bond acceptors (Lipinski definition) is 1. The van der Waals surface area contributed by atoms with Gasteiger partial charge in [-0.05, 0) is 40.8 Å². The topological polar surface area (TPSA) is 12.0 Å². The molecule has 0 fully saturated rings. The first-order valence-electron chi connectivity index (χ1n) is 6.32. The molecule has 0 atom stereocenters. The number of anilines is 1. The van der Waals surface area contributed by atoms with E-state index in [9.17, 15) is 0 Å². The van der Waals surface area contributed by atoms with E-state index in [1.807, 2.05) is 13.1 Å². The molecule has 1 N–H and O–H groups in total. The molecule has 2 rings (SSSR count). The summed E-state index contributed by atoms with van der Waals surface area (Å²) in [6, 6.07) is 15.1. The van der Waals surface area contributed by atoms with Gasteiger partial charge in [0.15, 0.2) is 0 Å². The molecule has 0 aromatic heterocycles. The Bertz CT molecular complexity index is 555. The third kappa shape index (κ3) is 2.45. The third-order valence-corrected chi connectivity index (χ3v) is 3.21. The molecule has 0 saturated heterocycles. The standard InChI is InChI=1S/C17H19N/c1-4-13-7-6-8-15(11-13)16-9-10-17(18-3)14(5-2)12-16/h5-12,18H,2,4H2,1,3H3. The van der Waals surface area contributed by atoms with Crippen molar-refractivity contribution in [1.29, 1.82) is 0 Å². The summed E-state index contributed by atoms with van der Waals surface area (Å²) < 4.78 is 0. The van der Waals surface area contributed by atoms with E-state index in [-0.39, 0.29) is 0 Å². The van der Waals surface area contributed by atoms with Gasteiger partial charge in [-0.3, -0.25) is 0 Å². The molecule has 2 aromatic carbocycles. The average Bonchev–Trinajstić information content (AvgIpc) is 2.46. The number of nitrogens with one attached hydrogen (secondary N) is 1. The number of aryl methyl sites for hydroxylation is 1. The average molecular weight is 237 g/mol. The lowest BCUT2D eigenvalue weighted by Gasteiger charge is -2.09. The molecule has 0 aliphatic carbocycles. The van der Waals surface area contributed by atoms with Gasteiger partial charge < -0.3 is 5.32 Å². The van der Waals surface area contributed by atoms with Gasteiger partial charge >= 0.3 is 0 Å². The van der Waals surface area contributed by atoms with Gasteiger partial charge in [-0.1, -0.05) is 49.9 Å². The largest absolute Gasteiger partial charge is 0.388 e. The van der Waals surface area contributed by atoms with Crippen LogP contribution in [-0.2, 0) is 6.42 Å². The normalized spacial score (nSPS) is 10.1. The molecule has 1 heteroatoms. The summed E-state index contributed by atoms with van der Waals surface area (Å²) in [6.07, 6.45) is 2.95. The summed E-state index contributed by atoms with van der Waals surface area (Å²) in [6.45, 7) is 6.05. The van der Waals surface area contributed by atoms with Gasteiger partial charge in [0.25, 0.3) is 0 Å². The highest BCUT2D eigenvalue weighted by molar-refractivity contribution is 5.74. The van der Waals surface area contributed by atoms with Gasteiger partial charge in [0.2, 0.25) is 0 Å². The predicted octanol–water partition coefficient (Wildman–Crippen LogP) is 4.60. The van der Waals surface area contributed by atoms with Crippen LogP contribution in [0.5, 0.6) is 0 Å². The molecular formula is C17H19N. The van der Waals surface area contributed by atoms with Crippen molar-refractivity contribution in [2.24, 2.45) is 0 Å². The highest BCUT2D eigenvalue weighted by atomic mass is 14.8. The maximum atomic E-state index is 3.87. The Labute approximate surface area is 109 Å². The smallest absolute Gasteiger partial charge is 0.0411 e. The molecule has 0 aliphatic rings. The van der Waals surface area contributed by atoms with Crippen molar-refractivity contribution in [3.63, 3.8) is 0 Å². The Morgan fingerprint density at radius 2 is 1.89 bits per heavy atom. The number of rotatable bonds is 4. The first kappa shape index (κ1) is 12.4. The molecule has 0 saturated carbocycles. The van der Waals surface area contributed by atoms with Gasteiger partial charge in [0.1, 0.15) is 0 Å². The molecule has 18 heavy (non-hydrogen) atoms. The minimum atomic E-state index is 1.07. The summed E-state index contributed by atoms with van der Waals surface area (Å²) in [5, 5.41) is 3.18. The van der Waals surface area contributed by atoms with Crippen LogP contribution < -0.4 is 5.32 Å². The Morgan fingerprint density at radius 3 is 2.56 bits per heavy atom. The second-order valence-electron chi connectivity index (χ2n) is 4.31. The van der Waals surface area contributed by atoms with Crippen molar-refractivity contribution in [3.05, 3.63) is 60.2 Å². The lowest BCUT2D eigenvalue weighted by Crippen LogP contribution is -1.92. The summed E-state index contributed by atoms with van der Waals surface area (Å²) in [7, 11) is 1.93. The molecule has 1 nitrogen and oxygen atoms in total. The molecule has 0 bridgehead atoms. The van der Waals surface area contributed by atoms with Crippen molar-refractivity contribution in [1.82, 2.24) is 0 Å². The van der Waals surface area contributed by atoms with Crippen molar-refractivity contribution in [3.8, 4) is 11.1 Å². The Kier molecular flexibility index (Phi) is 3.83. The zero-order chi connectivity index (χ0) is 13.0. The predicted molar refractivity (Wildman–Crippen MR) is 80.9 cm³/mol. The fraction of sp³-hybridized carbons (Fsp3) is 0.176. The zero-order valence-electron chi connectivity index (χ0n) is 11.0. The summed E-state index contributed by atoms with van der Waals surface area (Å²) >= 11 is 0. The second-order valence-corrected chi connectivity index (χ2v) is 4.31. The first-order valence-corrected chi connectivity index (χ1v) is 6.32. The molecule has 0 spiro atoms. The highest BCUT2D eigenvalue weighted by Gasteiger charge is 2.02. The van der Waals surface area contributed by atoms with Crippen LogP contribution in [0.3, 0.4) is 0 Å². The minimum absolute atomic E-state index is 1.07. The van der Waals surface area contributed by atoms with E-state index < -0.39 is 0 Å². The summed E-state index contributed by atoms with van der Waals surface area (Å²) in [4.78, 5) is 0. The van der Waals surface area contributed by atoms with Crippen LogP contribution in [0.25, 0.3) is 17.2 Å². The van der Waals surface area contributed by atoms with Crippen LogP contribution in [0.1, 0.15) is 18.1 Å². The van der Waals surface area contributed by atoms with E-state index in [1.54, 1.807) is 0 Å². The van der Waals surface area contributed by atoms with Crippen molar-refractivity contribution in [2.75, 3.05) is 12.4 Å².